The predicted octanol–water partition coefficient (Wildman–Crippen LogP) is 7.56. The lowest BCUT2D eigenvalue weighted by Gasteiger charge is -2.10. The SMILES string of the molecule is C=C/C(=C\C1=C(C)Sc2ccccc2C(c2ccc(Cl)cc2F)=N1)C(=O)NCC.CC(C)C. The van der Waals surface area contributed by atoms with Crippen LogP contribution in [0.1, 0.15) is 45.7 Å². The second-order valence-corrected chi connectivity index (χ2v) is 9.71. The van der Waals surface area contributed by atoms with Crippen molar-refractivity contribution in [3.63, 3.8) is 0 Å². The Labute approximate surface area is 205 Å². The van der Waals surface area contributed by atoms with Gasteiger partial charge in [-0.3, -0.25) is 4.79 Å². The van der Waals surface area contributed by atoms with Gasteiger partial charge in [0.25, 0.3) is 5.91 Å². The first-order chi connectivity index (χ1) is 15.7. The molecule has 1 heterocycles. The third-order valence-corrected chi connectivity index (χ3v) is 5.62. The Morgan fingerprint density at radius 3 is 2.48 bits per heavy atom. The van der Waals surface area contributed by atoms with Gasteiger partial charge in [-0.1, -0.05) is 75.0 Å². The van der Waals surface area contributed by atoms with Gasteiger partial charge in [0.15, 0.2) is 0 Å². The Hall–Kier alpha value is -2.63. The molecular formula is C27H30ClFN2OS. The second-order valence-electron chi connectivity index (χ2n) is 8.02. The van der Waals surface area contributed by atoms with Gasteiger partial charge in [-0.15, -0.1) is 0 Å². The number of likely N-dealkylation sites (N-methyl/N-ethyl adjacent to an activating group) is 1. The molecule has 0 saturated carbocycles. The number of carbonyl (C=O) groups excluding carboxylic acids is 1. The van der Waals surface area contributed by atoms with Crippen LogP contribution < -0.4 is 5.32 Å². The van der Waals surface area contributed by atoms with Gasteiger partial charge in [-0.2, -0.15) is 0 Å². The van der Waals surface area contributed by atoms with Crippen molar-refractivity contribution in [2.24, 2.45) is 10.9 Å². The van der Waals surface area contributed by atoms with Gasteiger partial charge in [-0.05, 0) is 50.1 Å². The van der Waals surface area contributed by atoms with Crippen LogP contribution in [0.2, 0.25) is 5.02 Å². The van der Waals surface area contributed by atoms with Gasteiger partial charge in [0, 0.05) is 38.1 Å². The maximum atomic E-state index is 14.8. The topological polar surface area (TPSA) is 41.5 Å². The quantitative estimate of drug-likeness (QED) is 0.351. The van der Waals surface area contributed by atoms with Crippen molar-refractivity contribution in [2.75, 3.05) is 6.54 Å². The van der Waals surface area contributed by atoms with E-state index in [0.717, 1.165) is 21.3 Å². The number of fused-ring (bicyclic) bond motifs is 1. The summed E-state index contributed by atoms with van der Waals surface area (Å²) >= 11 is 7.47. The molecule has 1 N–H and O–H groups in total. The van der Waals surface area contributed by atoms with Crippen molar-refractivity contribution in [1.29, 1.82) is 0 Å². The Morgan fingerprint density at radius 1 is 1.21 bits per heavy atom. The van der Waals surface area contributed by atoms with Gasteiger partial charge in [0.1, 0.15) is 5.82 Å². The van der Waals surface area contributed by atoms with E-state index in [2.05, 4.69) is 32.7 Å². The maximum Gasteiger partial charge on any atom is 0.251 e. The number of nitrogens with one attached hydrogen (secondary N) is 1. The number of allylic oxidation sites excluding steroid dienone is 2. The Balaban J connectivity index is 0.000000890. The number of aliphatic imine (C=N–C) groups is 1. The van der Waals surface area contributed by atoms with E-state index in [9.17, 15) is 9.18 Å². The van der Waals surface area contributed by atoms with E-state index in [1.54, 1.807) is 18.2 Å². The van der Waals surface area contributed by atoms with Crippen LogP contribution in [-0.2, 0) is 4.79 Å². The van der Waals surface area contributed by atoms with Crippen LogP contribution >= 0.6 is 23.4 Å². The number of nitrogens with zero attached hydrogens (tertiary/aromatic N) is 1. The molecule has 0 radical (unpaired) electrons. The first-order valence-corrected chi connectivity index (χ1v) is 12.0. The molecule has 0 atom stereocenters. The van der Waals surface area contributed by atoms with Crippen molar-refractivity contribution in [3.8, 4) is 0 Å². The molecule has 0 fully saturated rings. The molecule has 0 aliphatic carbocycles. The van der Waals surface area contributed by atoms with E-state index in [1.807, 2.05) is 38.1 Å². The van der Waals surface area contributed by atoms with Crippen LogP contribution in [0.15, 0.2) is 87.3 Å². The molecule has 6 heteroatoms. The summed E-state index contributed by atoms with van der Waals surface area (Å²) in [5.74, 6) is 0.149. The lowest BCUT2D eigenvalue weighted by Crippen LogP contribution is -2.23. The molecule has 2 aromatic rings. The monoisotopic (exact) mass is 484 g/mol. The fourth-order valence-corrected chi connectivity index (χ4v) is 3.99. The van der Waals surface area contributed by atoms with E-state index in [-0.39, 0.29) is 5.91 Å². The van der Waals surface area contributed by atoms with Crippen LogP contribution in [0.25, 0.3) is 0 Å². The molecule has 3 nitrogen and oxygen atoms in total. The summed E-state index contributed by atoms with van der Waals surface area (Å²) < 4.78 is 14.8. The Morgan fingerprint density at radius 2 is 1.88 bits per heavy atom. The summed E-state index contributed by atoms with van der Waals surface area (Å²) in [5, 5.41) is 3.08. The molecule has 1 aliphatic rings. The highest BCUT2D eigenvalue weighted by Gasteiger charge is 2.21. The van der Waals surface area contributed by atoms with E-state index in [1.165, 1.54) is 23.9 Å². The highest BCUT2D eigenvalue weighted by atomic mass is 35.5. The van der Waals surface area contributed by atoms with Crippen LogP contribution in [0, 0.1) is 11.7 Å². The first kappa shape index (κ1) is 26.6. The van der Waals surface area contributed by atoms with E-state index in [0.29, 0.717) is 34.1 Å². The normalized spacial score (nSPS) is 13.5. The van der Waals surface area contributed by atoms with Crippen molar-refractivity contribution in [2.45, 2.75) is 39.5 Å². The molecule has 1 amide bonds. The smallest absolute Gasteiger partial charge is 0.251 e. The summed E-state index contributed by atoms with van der Waals surface area (Å²) in [4.78, 5) is 18.9. The number of amides is 1. The van der Waals surface area contributed by atoms with Crippen LogP contribution in [0.5, 0.6) is 0 Å². The van der Waals surface area contributed by atoms with Crippen molar-refractivity contribution in [3.05, 3.63) is 99.3 Å². The number of halogens is 2. The van der Waals surface area contributed by atoms with Crippen LogP contribution in [0.3, 0.4) is 0 Å². The largest absolute Gasteiger partial charge is 0.352 e. The van der Waals surface area contributed by atoms with E-state index >= 15 is 0 Å². The van der Waals surface area contributed by atoms with Gasteiger partial charge < -0.3 is 5.32 Å². The predicted molar refractivity (Wildman–Crippen MR) is 140 cm³/mol. The fourth-order valence-electron chi connectivity index (χ4n) is 2.88. The maximum absolute atomic E-state index is 14.8. The van der Waals surface area contributed by atoms with Crippen molar-refractivity contribution in [1.82, 2.24) is 5.32 Å². The first-order valence-electron chi connectivity index (χ1n) is 10.8. The second kappa shape index (κ2) is 12.6. The highest BCUT2D eigenvalue weighted by Crippen LogP contribution is 2.37. The lowest BCUT2D eigenvalue weighted by molar-refractivity contribution is -0.117. The highest BCUT2D eigenvalue weighted by molar-refractivity contribution is 8.03. The van der Waals surface area contributed by atoms with Crippen LogP contribution in [0.4, 0.5) is 4.39 Å². The number of rotatable bonds is 5. The molecule has 174 valence electrons. The molecule has 0 bridgehead atoms. The fraction of sp³-hybridized carbons (Fsp3) is 0.259. The number of benzene rings is 2. The zero-order chi connectivity index (χ0) is 24.5. The molecule has 3 rings (SSSR count). The van der Waals surface area contributed by atoms with Gasteiger partial charge in [0.05, 0.1) is 11.4 Å². The molecule has 2 aromatic carbocycles. The Kier molecular flexibility index (Phi) is 10.1. The number of hydrogen-bond acceptors (Lipinski definition) is 3. The zero-order valence-corrected chi connectivity index (χ0v) is 21.3. The van der Waals surface area contributed by atoms with Crippen LogP contribution in [-0.4, -0.2) is 18.2 Å². The minimum absolute atomic E-state index is 0.232. The van der Waals surface area contributed by atoms with Gasteiger partial charge in [0.2, 0.25) is 0 Å². The number of thioether (sulfide) groups is 1. The number of hydrogen-bond donors (Lipinski definition) is 1. The molecule has 0 unspecified atom stereocenters. The summed E-state index contributed by atoms with van der Waals surface area (Å²) in [6, 6.07) is 12.2. The summed E-state index contributed by atoms with van der Waals surface area (Å²) in [5.41, 5.74) is 2.63. The third-order valence-electron chi connectivity index (χ3n) is 4.30. The summed E-state index contributed by atoms with van der Waals surface area (Å²) in [7, 11) is 0. The minimum atomic E-state index is -0.452. The molecule has 33 heavy (non-hydrogen) atoms. The minimum Gasteiger partial charge on any atom is -0.352 e. The summed E-state index contributed by atoms with van der Waals surface area (Å²) in [6.45, 7) is 14.5. The average Bonchev–Trinajstić information content (AvgIpc) is 2.88. The number of carbonyl (C=O) groups is 1. The third kappa shape index (κ3) is 7.44. The van der Waals surface area contributed by atoms with Crippen molar-refractivity contribution < 1.29 is 9.18 Å². The molecule has 1 aliphatic heterocycles. The standard InChI is InChI=1S/C23H20ClFN2OS.C4H10/c1-4-15(23(28)26-5-2)12-20-14(3)29-21-9-7-6-8-18(21)22(27-20)17-11-10-16(24)13-19(17)25;1-4(2)3/h4,6-13H,1,5H2,2-3H3,(H,26,28);4H,1-3H3/b15-12+;. The zero-order valence-electron chi connectivity index (χ0n) is 19.7. The van der Waals surface area contributed by atoms with Gasteiger partial charge >= 0.3 is 0 Å². The Bertz CT molecular complexity index is 1120. The van der Waals surface area contributed by atoms with Crippen molar-refractivity contribution >= 4 is 35.0 Å². The molecule has 0 aromatic heterocycles. The lowest BCUT2D eigenvalue weighted by atomic mass is 10.0. The van der Waals surface area contributed by atoms with E-state index < -0.39 is 5.82 Å². The molecule has 0 saturated heterocycles. The average molecular weight is 485 g/mol. The molecule has 0 spiro atoms. The summed E-state index contributed by atoms with van der Waals surface area (Å²) in [6.07, 6.45) is 3.17. The molecular weight excluding hydrogens is 455 g/mol. The van der Waals surface area contributed by atoms with Gasteiger partial charge in [-0.25, -0.2) is 9.38 Å². The van der Waals surface area contributed by atoms with E-state index in [4.69, 9.17) is 16.6 Å².